The number of unbranched alkanes of at least 4 members (excludes halogenated alkanes) is 14. The van der Waals surface area contributed by atoms with Crippen molar-refractivity contribution in [2.45, 2.75) is 366 Å². The fourth-order valence-corrected chi connectivity index (χ4v) is 29.1. The number of ether oxygens (including phenoxy) is 9. The average molecular weight is 1430 g/mol. The largest absolute Gasteiger partial charge is 0.497 e. The van der Waals surface area contributed by atoms with Crippen molar-refractivity contribution in [1.82, 2.24) is 0 Å². The monoisotopic (exact) mass is 1430 g/mol. The Kier molecular flexibility index (Phi) is 30.4. The maximum absolute atomic E-state index is 14.9. The summed E-state index contributed by atoms with van der Waals surface area (Å²) < 4.78 is 83.5. The first-order chi connectivity index (χ1) is 47.1. The van der Waals surface area contributed by atoms with Gasteiger partial charge in [0.2, 0.25) is 0 Å². The minimum Gasteiger partial charge on any atom is -0.497 e. The smallest absolute Gasteiger partial charge is 0.338 e. The summed E-state index contributed by atoms with van der Waals surface area (Å²) in [5.41, 5.74) is -1.59. The normalized spacial score (nSPS) is 34.1. The van der Waals surface area contributed by atoms with Crippen molar-refractivity contribution in [1.29, 1.82) is 0 Å². The second-order valence-corrected chi connectivity index (χ2v) is 46.1. The molecule has 7 fully saturated rings. The Labute approximate surface area is 596 Å². The third-order valence-corrected chi connectivity index (χ3v) is 41.5. The van der Waals surface area contributed by atoms with E-state index in [1.165, 1.54) is 103 Å². The van der Waals surface area contributed by atoms with E-state index in [-0.39, 0.29) is 54.6 Å². The van der Waals surface area contributed by atoms with Crippen LogP contribution in [-0.2, 0) is 60.8 Å². The molecule has 0 radical (unpaired) electrons. The van der Waals surface area contributed by atoms with Crippen LogP contribution in [0.2, 0.25) is 54.4 Å². The lowest BCUT2D eigenvalue weighted by Crippen LogP contribution is -2.66. The first-order valence-corrected chi connectivity index (χ1v) is 47.7. The molecule has 16 nitrogen and oxygen atoms in total. The second-order valence-electron chi connectivity index (χ2n) is 32.0. The van der Waals surface area contributed by atoms with E-state index in [0.29, 0.717) is 36.0 Å². The van der Waals surface area contributed by atoms with E-state index in [1.54, 1.807) is 31.4 Å². The van der Waals surface area contributed by atoms with E-state index in [9.17, 15) is 19.5 Å². The van der Waals surface area contributed by atoms with Crippen molar-refractivity contribution in [3.05, 3.63) is 29.8 Å². The summed E-state index contributed by atoms with van der Waals surface area (Å²) in [5.74, 6) is 0.0342. The zero-order valence-electron chi connectivity index (χ0n) is 64.3. The summed E-state index contributed by atoms with van der Waals surface area (Å²) in [6.45, 7) is 30.3. The molecular weight excluding hydrogens is 1290 g/mol. The molecule has 5 aliphatic carbocycles. The first kappa shape index (κ1) is 81.4. The van der Waals surface area contributed by atoms with Crippen LogP contribution in [0, 0.1) is 45.8 Å². The highest BCUT2D eigenvalue weighted by Gasteiger charge is 2.79. The molecule has 5 saturated carbocycles. The van der Waals surface area contributed by atoms with Gasteiger partial charge in [-0.25, -0.2) is 4.79 Å². The van der Waals surface area contributed by atoms with Crippen molar-refractivity contribution in [2.24, 2.45) is 45.8 Å². The molecule has 8 rings (SSSR count). The molecule has 19 atom stereocenters. The topological polar surface area (TPSA) is 182 Å². The Morgan fingerprint density at radius 2 is 1.06 bits per heavy atom. The zero-order valence-corrected chi connectivity index (χ0v) is 67.3. The number of carbonyl (C=O) groups excluding carboxylic acids is 3. The number of methoxy groups -OCH3 is 2. The molecule has 0 bridgehead atoms. The minimum absolute atomic E-state index is 0.00578. The molecule has 0 unspecified atom stereocenters. The van der Waals surface area contributed by atoms with Gasteiger partial charge in [0, 0.05) is 37.2 Å². The average Bonchev–Trinajstić information content (AvgIpc) is 1.48. The fraction of sp³-hybridized carbons (Fsp3) is 0.886. The van der Waals surface area contributed by atoms with Gasteiger partial charge in [-0.3, -0.25) is 9.59 Å². The quantitative estimate of drug-likeness (QED) is 0.0282. The van der Waals surface area contributed by atoms with Crippen molar-refractivity contribution in [3.63, 3.8) is 0 Å². The number of rotatable bonds is 43. The molecule has 562 valence electrons. The van der Waals surface area contributed by atoms with Crippen molar-refractivity contribution >= 4 is 42.9 Å². The van der Waals surface area contributed by atoms with Crippen LogP contribution in [-0.4, -0.2) is 149 Å². The lowest BCUT2D eigenvalue weighted by Gasteiger charge is -2.61. The Morgan fingerprint density at radius 3 is 1.56 bits per heavy atom. The van der Waals surface area contributed by atoms with Gasteiger partial charge in [0.25, 0.3) is 0 Å². The van der Waals surface area contributed by atoms with Crippen molar-refractivity contribution in [2.75, 3.05) is 34.0 Å². The zero-order chi connectivity index (χ0) is 71.1. The highest BCUT2D eigenvalue weighted by atomic mass is 28.4. The number of esters is 3. The number of carbonyl (C=O) groups is 3. The van der Waals surface area contributed by atoms with E-state index in [4.69, 9.17) is 55.9 Å². The first-order valence-electron chi connectivity index (χ1n) is 40.1. The van der Waals surface area contributed by atoms with Gasteiger partial charge >= 0.3 is 17.9 Å². The van der Waals surface area contributed by atoms with E-state index >= 15 is 0 Å². The van der Waals surface area contributed by atoms with Crippen LogP contribution < -0.4 is 4.74 Å². The SMILES string of the molecule is CCCCCCCCCCCCCCCCCC(=O)OC[C@@H](C)[C@@]1(O)[C@@H](O[C@@H]2OC[C@H](O[Si](CC)(CC)CC)[C@H](O[C@@H]3OC[C@@H](O[Si](CC)(CC)CC)[C@H](O[Si](CC)(CC)CC)[C@H]3OC(=O)c3ccc(OC)cc3)[C@H]2OC(C)=O)C[C@H]2[C@@H]3C[C@@H](OC)[C@@]45C[C@@H]4CC[C@]5(C)[C@H]3CC[C@@]21C. The standard InChI is InChI=1S/C79H138O16Si3/c1-17-27-28-29-30-31-32-33-34-35-36-37-38-39-40-41-68(81)86-53-56(11)79(83)67(51-63-61-50-66(85-16)78-52-59(78)46-48-76(78,13)62(61)47-49-77(63,79)14)90-74-71(89-57(12)80)69(64(54-87-74)93-96(18-2,19-3)20-4)92-75-72(91-73(82)58-42-44-60(84-15)45-43-58)70(95-98(24-8,25-9)26-10)65(55-88-75)94-97(21-5,22-6)23-7/h42-45,56,59,61-67,69-72,74-75,83H,17-41,46-55H2,1-16H3/t56-,59+,61-,62+,63+,64+,65-,66-,67+,69+,70+,71-,72-,74+,75+,76-,77+,78-,79-/m1/s1. The molecule has 19 heteroatoms. The number of fused-ring (bicyclic) bond motifs is 4. The van der Waals surface area contributed by atoms with Crippen LogP contribution in [0.3, 0.4) is 0 Å². The van der Waals surface area contributed by atoms with Crippen LogP contribution in [0.15, 0.2) is 24.3 Å². The lowest BCUT2D eigenvalue weighted by molar-refractivity contribution is -0.343. The Bertz CT molecular complexity index is 2580. The summed E-state index contributed by atoms with van der Waals surface area (Å²) in [4.78, 5) is 42.8. The van der Waals surface area contributed by atoms with Crippen molar-refractivity contribution < 1.29 is 75.4 Å². The highest BCUT2D eigenvalue weighted by Crippen LogP contribution is 2.82. The number of benzene rings is 1. The molecular formula is C79H138O16Si3. The van der Waals surface area contributed by atoms with Gasteiger partial charge in [-0.15, -0.1) is 0 Å². The van der Waals surface area contributed by atoms with E-state index in [2.05, 4.69) is 83.1 Å². The molecule has 1 aromatic rings. The molecule has 0 aromatic heterocycles. The molecule has 2 aliphatic heterocycles. The molecule has 1 aromatic carbocycles. The molecule has 7 aliphatic rings. The fourth-order valence-electron chi connectivity index (χ4n) is 20.5. The van der Waals surface area contributed by atoms with Gasteiger partial charge in [-0.05, 0) is 159 Å². The van der Waals surface area contributed by atoms with Gasteiger partial charge < -0.3 is 61.0 Å². The number of aliphatic hydroxyl groups is 1. The Morgan fingerprint density at radius 1 is 0.571 bits per heavy atom. The maximum Gasteiger partial charge on any atom is 0.338 e. The summed E-state index contributed by atoms with van der Waals surface area (Å²) in [5, 5.41) is 14.4. The third kappa shape index (κ3) is 17.5. The predicted octanol–water partition coefficient (Wildman–Crippen LogP) is 18.3. The van der Waals surface area contributed by atoms with E-state index in [1.807, 2.05) is 14.0 Å². The Balaban J connectivity index is 1.11. The van der Waals surface area contributed by atoms with E-state index in [0.717, 1.165) is 92.9 Å². The van der Waals surface area contributed by atoms with Crippen LogP contribution in [0.5, 0.6) is 5.75 Å². The molecule has 0 amide bonds. The second kappa shape index (κ2) is 36.6. The lowest BCUT2D eigenvalue weighted by atomic mass is 9.44. The summed E-state index contributed by atoms with van der Waals surface area (Å²) in [6.07, 6.45) is 16.9. The van der Waals surface area contributed by atoms with Crippen molar-refractivity contribution in [3.8, 4) is 5.75 Å². The molecule has 1 N–H and O–H groups in total. The van der Waals surface area contributed by atoms with E-state index < -0.39 is 109 Å². The molecule has 1 spiro atoms. The summed E-state index contributed by atoms with van der Waals surface area (Å²) in [6, 6.07) is 14.5. The van der Waals surface area contributed by atoms with Gasteiger partial charge in [-0.1, -0.05) is 180 Å². The predicted molar refractivity (Wildman–Crippen MR) is 394 cm³/mol. The minimum atomic E-state index is -2.52. The number of hydrogen-bond donors (Lipinski definition) is 1. The third-order valence-electron chi connectivity index (χ3n) is 27.5. The summed E-state index contributed by atoms with van der Waals surface area (Å²) in [7, 11) is -3.90. The highest BCUT2D eigenvalue weighted by molar-refractivity contribution is 6.74. The Hall–Kier alpha value is -2.28. The molecule has 98 heavy (non-hydrogen) atoms. The van der Waals surface area contributed by atoms with Gasteiger partial charge in [0.05, 0.1) is 56.9 Å². The maximum atomic E-state index is 14.9. The summed E-state index contributed by atoms with van der Waals surface area (Å²) >= 11 is 0. The molecule has 2 heterocycles. The van der Waals surface area contributed by atoms with Crippen LogP contribution in [0.4, 0.5) is 0 Å². The van der Waals surface area contributed by atoms with Gasteiger partial charge in [0.1, 0.15) is 23.6 Å². The van der Waals surface area contributed by atoms with Crippen LogP contribution >= 0.6 is 0 Å². The van der Waals surface area contributed by atoms with Gasteiger partial charge in [-0.2, -0.15) is 0 Å². The van der Waals surface area contributed by atoms with Crippen LogP contribution in [0.25, 0.3) is 0 Å². The van der Waals surface area contributed by atoms with Crippen LogP contribution in [0.1, 0.15) is 255 Å². The van der Waals surface area contributed by atoms with Gasteiger partial charge in [0.15, 0.2) is 49.7 Å². The number of hydrogen-bond acceptors (Lipinski definition) is 16. The molecule has 2 saturated heterocycles.